The fraction of sp³-hybridized carbons (Fsp3) is 0.476. The minimum Gasteiger partial charge on any atom is -0.464 e. The molecule has 1 aliphatic heterocycles. The Morgan fingerprint density at radius 1 is 1.23 bits per heavy atom. The minimum absolute atomic E-state index is 0.0540. The Morgan fingerprint density at radius 2 is 2.00 bits per heavy atom. The molecule has 0 unspecified atom stereocenters. The zero-order valence-corrected chi connectivity index (χ0v) is 17.3. The first-order valence-electron chi connectivity index (χ1n) is 9.84. The third-order valence-corrected chi connectivity index (χ3v) is 4.28. The highest BCUT2D eigenvalue weighted by atomic mass is 16.6. The SMILES string of the molecule is CCCCOC(=O)N1CCO[C@@H](/C=C(\NC(=O)OCc2ccccc2)C(=O)OC)C1. The molecule has 9 nitrogen and oxygen atoms in total. The molecule has 0 saturated carbocycles. The van der Waals surface area contributed by atoms with Crippen LogP contribution < -0.4 is 5.32 Å². The molecule has 0 radical (unpaired) electrons. The molecule has 0 spiro atoms. The topological polar surface area (TPSA) is 103 Å². The van der Waals surface area contributed by atoms with Gasteiger partial charge in [0.1, 0.15) is 12.3 Å². The predicted octanol–water partition coefficient (Wildman–Crippen LogP) is 2.61. The van der Waals surface area contributed by atoms with Crippen molar-refractivity contribution in [3.05, 3.63) is 47.7 Å². The normalized spacial score (nSPS) is 16.5. The molecule has 1 N–H and O–H groups in total. The Bertz CT molecular complexity index is 736. The molecule has 0 aliphatic carbocycles. The Morgan fingerprint density at radius 3 is 2.70 bits per heavy atom. The molecule has 2 rings (SSSR count). The van der Waals surface area contributed by atoms with E-state index in [4.69, 9.17) is 18.9 Å². The molecule has 0 bridgehead atoms. The average Bonchev–Trinajstić information content (AvgIpc) is 2.77. The number of hydrogen-bond donors (Lipinski definition) is 1. The Hall–Kier alpha value is -3.07. The van der Waals surface area contributed by atoms with Gasteiger partial charge in [-0.25, -0.2) is 14.4 Å². The van der Waals surface area contributed by atoms with Crippen LogP contribution in [0.2, 0.25) is 0 Å². The summed E-state index contributed by atoms with van der Waals surface area (Å²) in [6.45, 7) is 3.27. The van der Waals surface area contributed by atoms with Gasteiger partial charge in [-0.2, -0.15) is 0 Å². The van der Waals surface area contributed by atoms with Crippen LogP contribution in [0.15, 0.2) is 42.1 Å². The molecular weight excluding hydrogens is 392 g/mol. The van der Waals surface area contributed by atoms with Gasteiger partial charge in [0.05, 0.1) is 33.0 Å². The Labute approximate surface area is 175 Å². The van der Waals surface area contributed by atoms with Crippen molar-refractivity contribution in [2.45, 2.75) is 32.5 Å². The Kier molecular flexibility index (Phi) is 9.66. The fourth-order valence-electron chi connectivity index (χ4n) is 2.66. The van der Waals surface area contributed by atoms with Gasteiger partial charge in [0.15, 0.2) is 0 Å². The smallest absolute Gasteiger partial charge is 0.412 e. The molecule has 2 amide bonds. The number of amides is 2. The molecule has 9 heteroatoms. The lowest BCUT2D eigenvalue weighted by Gasteiger charge is -2.31. The summed E-state index contributed by atoms with van der Waals surface area (Å²) in [5, 5.41) is 2.38. The van der Waals surface area contributed by atoms with Crippen molar-refractivity contribution in [2.24, 2.45) is 0 Å². The van der Waals surface area contributed by atoms with E-state index in [-0.39, 0.29) is 25.5 Å². The fourth-order valence-corrected chi connectivity index (χ4v) is 2.66. The van der Waals surface area contributed by atoms with Gasteiger partial charge in [-0.15, -0.1) is 0 Å². The van der Waals surface area contributed by atoms with Crippen LogP contribution in [-0.4, -0.2) is 62.6 Å². The van der Waals surface area contributed by atoms with E-state index < -0.39 is 24.3 Å². The van der Waals surface area contributed by atoms with Crippen molar-refractivity contribution in [3.63, 3.8) is 0 Å². The molecule has 0 aromatic heterocycles. The van der Waals surface area contributed by atoms with E-state index in [1.165, 1.54) is 18.1 Å². The number of carbonyl (C=O) groups is 3. The molecule has 1 aromatic rings. The second-order valence-corrected chi connectivity index (χ2v) is 6.58. The van der Waals surface area contributed by atoms with Crippen LogP contribution in [0.1, 0.15) is 25.3 Å². The summed E-state index contributed by atoms with van der Waals surface area (Å²) in [5.41, 5.74) is 0.686. The highest BCUT2D eigenvalue weighted by Crippen LogP contribution is 2.11. The van der Waals surface area contributed by atoms with Crippen LogP contribution in [0.25, 0.3) is 0 Å². The summed E-state index contributed by atoms with van der Waals surface area (Å²) in [4.78, 5) is 37.8. The van der Waals surface area contributed by atoms with E-state index in [1.54, 1.807) is 0 Å². The number of ether oxygens (including phenoxy) is 4. The molecule has 1 aromatic carbocycles. The quantitative estimate of drug-likeness (QED) is 0.298. The molecular formula is C21H28N2O7. The van der Waals surface area contributed by atoms with Crippen LogP contribution in [0.3, 0.4) is 0 Å². The molecule has 1 atom stereocenters. The van der Waals surface area contributed by atoms with Crippen molar-refractivity contribution in [1.82, 2.24) is 10.2 Å². The maximum atomic E-state index is 12.1. The third-order valence-electron chi connectivity index (χ3n) is 4.28. The van der Waals surface area contributed by atoms with Crippen molar-refractivity contribution in [1.29, 1.82) is 0 Å². The summed E-state index contributed by atoms with van der Waals surface area (Å²) >= 11 is 0. The van der Waals surface area contributed by atoms with E-state index >= 15 is 0 Å². The number of methoxy groups -OCH3 is 1. The summed E-state index contributed by atoms with van der Waals surface area (Å²) in [7, 11) is 1.20. The van der Waals surface area contributed by atoms with Crippen molar-refractivity contribution >= 4 is 18.2 Å². The summed E-state index contributed by atoms with van der Waals surface area (Å²) < 4.78 is 20.7. The first-order valence-corrected chi connectivity index (χ1v) is 9.84. The van der Waals surface area contributed by atoms with Gasteiger partial charge in [-0.1, -0.05) is 43.7 Å². The lowest BCUT2D eigenvalue weighted by molar-refractivity contribution is -0.136. The number of nitrogens with zero attached hydrogens (tertiary/aromatic N) is 1. The lowest BCUT2D eigenvalue weighted by atomic mass is 10.2. The number of hydrogen-bond acceptors (Lipinski definition) is 7. The molecule has 30 heavy (non-hydrogen) atoms. The summed E-state index contributed by atoms with van der Waals surface area (Å²) in [5.74, 6) is -0.752. The van der Waals surface area contributed by atoms with E-state index in [9.17, 15) is 14.4 Å². The van der Waals surface area contributed by atoms with Gasteiger partial charge < -0.3 is 23.8 Å². The van der Waals surface area contributed by atoms with Gasteiger partial charge in [-0.05, 0) is 18.1 Å². The molecule has 1 aliphatic rings. The van der Waals surface area contributed by atoms with Gasteiger partial charge >= 0.3 is 18.2 Å². The zero-order chi connectivity index (χ0) is 21.8. The predicted molar refractivity (Wildman–Crippen MR) is 107 cm³/mol. The molecule has 1 fully saturated rings. The molecule has 164 valence electrons. The number of nitrogens with one attached hydrogen (secondary N) is 1. The number of alkyl carbamates (subject to hydrolysis) is 1. The molecule has 1 heterocycles. The number of esters is 1. The second-order valence-electron chi connectivity index (χ2n) is 6.58. The van der Waals surface area contributed by atoms with E-state index in [2.05, 4.69) is 5.32 Å². The molecule has 1 saturated heterocycles. The average molecular weight is 420 g/mol. The second kappa shape index (κ2) is 12.5. The van der Waals surface area contributed by atoms with Gasteiger partial charge in [0.2, 0.25) is 0 Å². The standard InChI is InChI=1S/C21H28N2O7/c1-3-4-11-29-21(26)23-10-12-28-17(14-23)13-18(19(24)27-2)22-20(25)30-15-16-8-6-5-7-9-16/h5-9,13,17H,3-4,10-12,14-15H2,1-2H3,(H,22,25)/b18-13-/t17-/m0/s1. The monoisotopic (exact) mass is 420 g/mol. The minimum atomic E-state index is -0.804. The third kappa shape index (κ3) is 7.75. The van der Waals surface area contributed by atoms with E-state index in [1.807, 2.05) is 37.3 Å². The van der Waals surface area contributed by atoms with Gasteiger partial charge in [0.25, 0.3) is 0 Å². The van der Waals surface area contributed by atoms with Crippen LogP contribution in [0.5, 0.6) is 0 Å². The van der Waals surface area contributed by atoms with Crippen LogP contribution in [-0.2, 0) is 30.3 Å². The zero-order valence-electron chi connectivity index (χ0n) is 17.3. The van der Waals surface area contributed by atoms with Gasteiger partial charge in [0, 0.05) is 6.54 Å². The van der Waals surface area contributed by atoms with Crippen molar-refractivity contribution in [3.8, 4) is 0 Å². The maximum absolute atomic E-state index is 12.1. The van der Waals surface area contributed by atoms with Crippen molar-refractivity contribution in [2.75, 3.05) is 33.4 Å². The first kappa shape index (κ1) is 23.2. The van der Waals surface area contributed by atoms with Crippen LogP contribution in [0, 0.1) is 0 Å². The summed E-state index contributed by atoms with van der Waals surface area (Å²) in [6, 6.07) is 9.14. The van der Waals surface area contributed by atoms with Crippen LogP contribution in [0.4, 0.5) is 9.59 Å². The highest BCUT2D eigenvalue weighted by Gasteiger charge is 2.26. The van der Waals surface area contributed by atoms with Crippen LogP contribution >= 0.6 is 0 Å². The number of rotatable bonds is 8. The largest absolute Gasteiger partial charge is 0.464 e. The van der Waals surface area contributed by atoms with E-state index in [0.717, 1.165) is 18.4 Å². The number of carbonyl (C=O) groups excluding carboxylic acids is 3. The Balaban J connectivity index is 1.95. The number of unbranched alkanes of at least 4 members (excludes halogenated alkanes) is 1. The number of benzene rings is 1. The van der Waals surface area contributed by atoms with Gasteiger partial charge in [-0.3, -0.25) is 5.32 Å². The first-order chi connectivity index (χ1) is 14.5. The van der Waals surface area contributed by atoms with E-state index in [0.29, 0.717) is 13.2 Å². The van der Waals surface area contributed by atoms with Crippen molar-refractivity contribution < 1.29 is 33.3 Å². The highest BCUT2D eigenvalue weighted by molar-refractivity contribution is 5.92. The lowest BCUT2D eigenvalue weighted by Crippen LogP contribution is -2.46. The summed E-state index contributed by atoms with van der Waals surface area (Å²) in [6.07, 6.45) is 1.28. The maximum Gasteiger partial charge on any atom is 0.412 e. The number of morpholine rings is 1.